The molecular formula is C16H17Cl2FN4O2. The van der Waals surface area contributed by atoms with E-state index in [1.807, 2.05) is 14.0 Å². The summed E-state index contributed by atoms with van der Waals surface area (Å²) in [5.41, 5.74) is 0.833. The van der Waals surface area contributed by atoms with E-state index in [-0.39, 0.29) is 40.6 Å². The van der Waals surface area contributed by atoms with E-state index in [9.17, 15) is 4.39 Å². The highest BCUT2D eigenvalue weighted by Gasteiger charge is 2.25. The average Bonchev–Trinajstić information content (AvgIpc) is 3.14. The van der Waals surface area contributed by atoms with Crippen LogP contribution < -0.4 is 5.32 Å². The third kappa shape index (κ3) is 3.84. The van der Waals surface area contributed by atoms with Gasteiger partial charge in [0.25, 0.3) is 5.89 Å². The van der Waals surface area contributed by atoms with E-state index < -0.39 is 5.82 Å². The summed E-state index contributed by atoms with van der Waals surface area (Å²) < 4.78 is 24.8. The third-order valence-electron chi connectivity index (χ3n) is 3.73. The van der Waals surface area contributed by atoms with Crippen molar-refractivity contribution in [3.8, 4) is 22.7 Å². The molecule has 134 valence electrons. The molecule has 0 saturated heterocycles. The van der Waals surface area contributed by atoms with E-state index in [4.69, 9.17) is 20.6 Å². The number of aryl methyl sites for hydroxylation is 1. The van der Waals surface area contributed by atoms with E-state index in [1.165, 1.54) is 12.1 Å². The molecule has 1 atom stereocenters. The Balaban J connectivity index is 0.00000225. The average molecular weight is 387 g/mol. The molecule has 1 unspecified atom stereocenters. The van der Waals surface area contributed by atoms with Gasteiger partial charge in [-0.1, -0.05) is 28.0 Å². The lowest BCUT2D eigenvalue weighted by molar-refractivity contribution is 0.396. The van der Waals surface area contributed by atoms with Gasteiger partial charge in [-0.2, -0.15) is 4.98 Å². The summed E-state index contributed by atoms with van der Waals surface area (Å²) in [6, 6.07) is 4.61. The molecule has 25 heavy (non-hydrogen) atoms. The maximum absolute atomic E-state index is 14.2. The first kappa shape index (κ1) is 19.4. The molecule has 3 aromatic rings. The Labute approximate surface area is 155 Å². The predicted octanol–water partition coefficient (Wildman–Crippen LogP) is 4.06. The standard InChI is InChI=1S/C16H16ClFN4O2.ClH/c1-8(19-3)7-12-20-16(24-21-12)13-9(2)23-22-15(13)14-10(17)5-4-6-11(14)18;/h4-6,8,19H,7H2,1-3H3;1H. The normalized spacial score (nSPS) is 12.0. The molecule has 3 rings (SSSR count). The summed E-state index contributed by atoms with van der Waals surface area (Å²) in [6.07, 6.45) is 0.597. The van der Waals surface area contributed by atoms with E-state index >= 15 is 0 Å². The van der Waals surface area contributed by atoms with Gasteiger partial charge in [-0.25, -0.2) is 4.39 Å². The van der Waals surface area contributed by atoms with Crippen molar-refractivity contribution < 1.29 is 13.4 Å². The Morgan fingerprint density at radius 1 is 1.24 bits per heavy atom. The van der Waals surface area contributed by atoms with Gasteiger partial charge in [0.1, 0.15) is 22.8 Å². The maximum Gasteiger partial charge on any atom is 0.263 e. The van der Waals surface area contributed by atoms with Gasteiger partial charge in [0.2, 0.25) is 0 Å². The van der Waals surface area contributed by atoms with Crippen molar-refractivity contribution in [2.24, 2.45) is 0 Å². The number of nitrogens with zero attached hydrogens (tertiary/aromatic N) is 3. The molecule has 0 aliphatic rings. The van der Waals surface area contributed by atoms with Gasteiger partial charge < -0.3 is 14.4 Å². The van der Waals surface area contributed by atoms with Crippen molar-refractivity contribution in [1.82, 2.24) is 20.6 Å². The molecule has 6 nitrogen and oxygen atoms in total. The minimum atomic E-state index is -0.499. The van der Waals surface area contributed by atoms with Gasteiger partial charge in [0.05, 0.1) is 10.6 Å². The first-order valence-electron chi connectivity index (χ1n) is 7.42. The predicted molar refractivity (Wildman–Crippen MR) is 94.4 cm³/mol. The molecule has 2 aromatic heterocycles. The van der Waals surface area contributed by atoms with Crippen LogP contribution in [0.1, 0.15) is 18.5 Å². The molecular weight excluding hydrogens is 370 g/mol. The van der Waals surface area contributed by atoms with Crippen LogP contribution in [0.15, 0.2) is 27.2 Å². The van der Waals surface area contributed by atoms with E-state index in [1.54, 1.807) is 13.0 Å². The molecule has 9 heteroatoms. The largest absolute Gasteiger partial charge is 0.360 e. The molecule has 0 saturated carbocycles. The summed E-state index contributed by atoms with van der Waals surface area (Å²) in [4.78, 5) is 4.36. The molecule has 0 fully saturated rings. The third-order valence-corrected chi connectivity index (χ3v) is 4.04. The zero-order valence-electron chi connectivity index (χ0n) is 13.8. The highest BCUT2D eigenvalue weighted by atomic mass is 35.5. The van der Waals surface area contributed by atoms with Crippen LogP contribution >= 0.6 is 24.0 Å². The minimum absolute atomic E-state index is 0. The Kier molecular flexibility index (Phi) is 6.16. The number of aromatic nitrogens is 3. The SMILES string of the molecule is CNC(C)Cc1noc(-c2c(-c3c(F)cccc3Cl)noc2C)n1.Cl. The van der Waals surface area contributed by atoms with Crippen LogP contribution in [-0.2, 0) is 6.42 Å². The van der Waals surface area contributed by atoms with Crippen LogP contribution in [0.2, 0.25) is 5.02 Å². The summed E-state index contributed by atoms with van der Waals surface area (Å²) in [5, 5.41) is 11.2. The highest BCUT2D eigenvalue weighted by Crippen LogP contribution is 2.38. The Morgan fingerprint density at radius 2 is 2.00 bits per heavy atom. The van der Waals surface area contributed by atoms with Gasteiger partial charge in [-0.05, 0) is 33.0 Å². The van der Waals surface area contributed by atoms with Gasteiger partial charge in [0.15, 0.2) is 5.82 Å². The van der Waals surface area contributed by atoms with Gasteiger partial charge in [0, 0.05) is 12.5 Å². The van der Waals surface area contributed by atoms with Crippen LogP contribution in [0.5, 0.6) is 0 Å². The number of nitrogens with one attached hydrogen (secondary N) is 1. The van der Waals surface area contributed by atoms with Crippen LogP contribution in [0, 0.1) is 12.7 Å². The van der Waals surface area contributed by atoms with Crippen molar-refractivity contribution in [2.45, 2.75) is 26.3 Å². The zero-order chi connectivity index (χ0) is 17.3. The second kappa shape index (κ2) is 7.95. The number of hydrogen-bond donors (Lipinski definition) is 1. The quantitative estimate of drug-likeness (QED) is 0.712. The number of likely N-dealkylation sites (N-methyl/N-ethyl adjacent to an activating group) is 1. The summed E-state index contributed by atoms with van der Waals surface area (Å²) in [6.45, 7) is 3.70. The molecule has 1 aromatic carbocycles. The van der Waals surface area contributed by atoms with Crippen LogP contribution in [-0.4, -0.2) is 28.4 Å². The van der Waals surface area contributed by atoms with Crippen LogP contribution in [0.3, 0.4) is 0 Å². The molecule has 0 spiro atoms. The fourth-order valence-corrected chi connectivity index (χ4v) is 2.59. The Hall–Kier alpha value is -1.96. The van der Waals surface area contributed by atoms with Crippen molar-refractivity contribution >= 4 is 24.0 Å². The van der Waals surface area contributed by atoms with Crippen molar-refractivity contribution in [3.05, 3.63) is 40.6 Å². The number of hydrogen-bond acceptors (Lipinski definition) is 6. The lowest BCUT2D eigenvalue weighted by Gasteiger charge is -2.05. The fraction of sp³-hybridized carbons (Fsp3) is 0.312. The van der Waals surface area contributed by atoms with E-state index in [0.29, 0.717) is 23.6 Å². The lowest BCUT2D eigenvalue weighted by atomic mass is 10.1. The smallest absolute Gasteiger partial charge is 0.263 e. The minimum Gasteiger partial charge on any atom is -0.360 e. The number of halogens is 3. The molecule has 0 aliphatic carbocycles. The van der Waals surface area contributed by atoms with Crippen molar-refractivity contribution in [1.29, 1.82) is 0 Å². The van der Waals surface area contributed by atoms with E-state index in [0.717, 1.165) is 0 Å². The summed E-state index contributed by atoms with van der Waals surface area (Å²) in [7, 11) is 1.86. The zero-order valence-corrected chi connectivity index (χ0v) is 15.4. The molecule has 0 bridgehead atoms. The van der Waals surface area contributed by atoms with E-state index in [2.05, 4.69) is 20.6 Å². The summed E-state index contributed by atoms with van der Waals surface area (Å²) in [5.74, 6) is 0.709. The molecule has 0 amide bonds. The fourth-order valence-electron chi connectivity index (χ4n) is 2.33. The second-order valence-corrected chi connectivity index (χ2v) is 5.88. The highest BCUT2D eigenvalue weighted by molar-refractivity contribution is 6.33. The van der Waals surface area contributed by atoms with Crippen molar-refractivity contribution in [3.63, 3.8) is 0 Å². The lowest BCUT2D eigenvalue weighted by Crippen LogP contribution is -2.24. The second-order valence-electron chi connectivity index (χ2n) is 5.47. The summed E-state index contributed by atoms with van der Waals surface area (Å²) >= 11 is 6.13. The molecule has 0 aliphatic heterocycles. The topological polar surface area (TPSA) is 77.0 Å². The van der Waals surface area contributed by atoms with Crippen LogP contribution in [0.25, 0.3) is 22.7 Å². The van der Waals surface area contributed by atoms with Crippen molar-refractivity contribution in [2.75, 3.05) is 7.05 Å². The maximum atomic E-state index is 14.2. The number of benzene rings is 1. The van der Waals surface area contributed by atoms with Gasteiger partial charge >= 0.3 is 0 Å². The molecule has 0 radical (unpaired) electrons. The van der Waals surface area contributed by atoms with Crippen LogP contribution in [0.4, 0.5) is 4.39 Å². The Morgan fingerprint density at radius 3 is 2.68 bits per heavy atom. The first-order chi connectivity index (χ1) is 11.5. The van der Waals surface area contributed by atoms with Gasteiger partial charge in [-0.3, -0.25) is 0 Å². The molecule has 1 N–H and O–H groups in total. The molecule has 2 heterocycles. The monoisotopic (exact) mass is 386 g/mol. The van der Waals surface area contributed by atoms with Gasteiger partial charge in [-0.15, -0.1) is 12.4 Å². The Bertz CT molecular complexity index is 845. The first-order valence-corrected chi connectivity index (χ1v) is 7.80. The number of rotatable bonds is 5.